The largest absolute Gasteiger partial charge is 0.462 e. The molecule has 0 aliphatic heterocycles. The molecular weight excluding hydrogens is 450 g/mol. The number of thioether (sulfide) groups is 1. The highest BCUT2D eigenvalue weighted by molar-refractivity contribution is 8.00. The quantitative estimate of drug-likeness (QED) is 0.238. The molecule has 0 bridgehead atoms. The molecule has 7 nitrogen and oxygen atoms in total. The summed E-state index contributed by atoms with van der Waals surface area (Å²) < 4.78 is 6.51. The van der Waals surface area contributed by atoms with E-state index in [1.807, 2.05) is 36.4 Å². The number of fused-ring (bicyclic) bond motifs is 1. The molecule has 3 aromatic carbocycles. The molecular formula is C26H23N3O4S. The highest BCUT2D eigenvalue weighted by Crippen LogP contribution is 2.26. The van der Waals surface area contributed by atoms with E-state index in [1.54, 1.807) is 56.3 Å². The Morgan fingerprint density at radius 3 is 2.38 bits per heavy atom. The van der Waals surface area contributed by atoms with Crippen LogP contribution in [0.3, 0.4) is 0 Å². The van der Waals surface area contributed by atoms with Gasteiger partial charge in [-0.15, -0.1) is 0 Å². The van der Waals surface area contributed by atoms with Crippen LogP contribution in [0.25, 0.3) is 16.6 Å². The summed E-state index contributed by atoms with van der Waals surface area (Å²) in [5.74, 6) is -0.665. The molecule has 1 amide bonds. The Labute approximate surface area is 200 Å². The molecule has 0 spiro atoms. The molecule has 0 saturated heterocycles. The zero-order valence-corrected chi connectivity index (χ0v) is 19.5. The van der Waals surface area contributed by atoms with Gasteiger partial charge in [0.1, 0.15) is 0 Å². The molecule has 0 radical (unpaired) electrons. The van der Waals surface area contributed by atoms with E-state index in [-0.39, 0.29) is 11.5 Å². The molecule has 4 aromatic rings. The third-order valence-electron chi connectivity index (χ3n) is 5.07. The lowest BCUT2D eigenvalue weighted by Crippen LogP contribution is -2.26. The van der Waals surface area contributed by atoms with Crippen LogP contribution in [-0.4, -0.2) is 33.3 Å². The lowest BCUT2D eigenvalue weighted by Gasteiger charge is -2.16. The minimum atomic E-state index is -0.548. The van der Waals surface area contributed by atoms with Gasteiger partial charge in [0.25, 0.3) is 5.56 Å². The number of rotatable bonds is 7. The smallest absolute Gasteiger partial charge is 0.338 e. The Bertz CT molecular complexity index is 1390. The molecule has 1 aromatic heterocycles. The maximum atomic E-state index is 13.3. The van der Waals surface area contributed by atoms with Crippen LogP contribution in [0.2, 0.25) is 0 Å². The number of hydrogen-bond acceptors (Lipinski definition) is 6. The predicted molar refractivity (Wildman–Crippen MR) is 134 cm³/mol. The van der Waals surface area contributed by atoms with Crippen molar-refractivity contribution < 1.29 is 14.3 Å². The summed E-state index contributed by atoms with van der Waals surface area (Å²) >= 11 is 1.20. The number of nitrogens with one attached hydrogen (secondary N) is 1. The van der Waals surface area contributed by atoms with Crippen molar-refractivity contribution in [3.05, 3.63) is 94.8 Å². The van der Waals surface area contributed by atoms with E-state index in [9.17, 15) is 14.4 Å². The van der Waals surface area contributed by atoms with E-state index in [2.05, 4.69) is 10.3 Å². The average molecular weight is 474 g/mol. The number of carbonyl (C=O) groups excluding carboxylic acids is 2. The van der Waals surface area contributed by atoms with E-state index in [0.717, 1.165) is 0 Å². The van der Waals surface area contributed by atoms with Crippen molar-refractivity contribution in [1.29, 1.82) is 0 Å². The van der Waals surface area contributed by atoms with Crippen LogP contribution in [0.4, 0.5) is 5.69 Å². The number of anilines is 1. The van der Waals surface area contributed by atoms with Gasteiger partial charge in [0, 0.05) is 5.69 Å². The molecule has 34 heavy (non-hydrogen) atoms. The number of nitrogens with zero attached hydrogens (tertiary/aromatic N) is 2. The van der Waals surface area contributed by atoms with Crippen LogP contribution in [0.15, 0.2) is 88.8 Å². The number of para-hydroxylation sites is 2. The van der Waals surface area contributed by atoms with Gasteiger partial charge in [-0.3, -0.25) is 14.2 Å². The monoisotopic (exact) mass is 473 g/mol. The van der Waals surface area contributed by atoms with E-state index in [1.165, 1.54) is 16.3 Å². The van der Waals surface area contributed by atoms with Crippen molar-refractivity contribution in [3.63, 3.8) is 0 Å². The first-order valence-corrected chi connectivity index (χ1v) is 11.7. The summed E-state index contributed by atoms with van der Waals surface area (Å²) in [5, 5.41) is 3.23. The number of benzene rings is 3. The maximum Gasteiger partial charge on any atom is 0.338 e. The zero-order chi connectivity index (χ0) is 24.1. The number of amides is 1. The summed E-state index contributed by atoms with van der Waals surface area (Å²) in [5.41, 5.74) is 2.02. The van der Waals surface area contributed by atoms with E-state index in [4.69, 9.17) is 4.74 Å². The third kappa shape index (κ3) is 5.02. The molecule has 0 aliphatic carbocycles. The van der Waals surface area contributed by atoms with Gasteiger partial charge in [-0.25, -0.2) is 9.78 Å². The van der Waals surface area contributed by atoms with Crippen LogP contribution >= 0.6 is 11.8 Å². The van der Waals surface area contributed by atoms with Gasteiger partial charge in [0.05, 0.1) is 34.0 Å². The first-order valence-electron chi connectivity index (χ1n) is 10.8. The fraction of sp³-hybridized carbons (Fsp3) is 0.154. The second-order valence-corrected chi connectivity index (χ2v) is 8.74. The summed E-state index contributed by atoms with van der Waals surface area (Å²) in [4.78, 5) is 42.7. The summed E-state index contributed by atoms with van der Waals surface area (Å²) in [6.45, 7) is 3.79. The van der Waals surface area contributed by atoms with Gasteiger partial charge in [-0.1, -0.05) is 42.1 Å². The van der Waals surface area contributed by atoms with E-state index in [0.29, 0.717) is 39.6 Å². The normalized spacial score (nSPS) is 11.7. The van der Waals surface area contributed by atoms with Crippen LogP contribution in [0, 0.1) is 0 Å². The fourth-order valence-electron chi connectivity index (χ4n) is 3.36. The van der Waals surface area contributed by atoms with Crippen LogP contribution in [0.5, 0.6) is 0 Å². The third-order valence-corrected chi connectivity index (χ3v) is 6.13. The second-order valence-electron chi connectivity index (χ2n) is 7.43. The number of aromatic nitrogens is 2. The van der Waals surface area contributed by atoms with Crippen LogP contribution in [-0.2, 0) is 9.53 Å². The molecule has 0 saturated carbocycles. The molecule has 1 N–H and O–H groups in total. The Morgan fingerprint density at radius 1 is 1.00 bits per heavy atom. The molecule has 1 heterocycles. The lowest BCUT2D eigenvalue weighted by atomic mass is 10.2. The number of ether oxygens (including phenoxy) is 1. The average Bonchev–Trinajstić information content (AvgIpc) is 2.85. The van der Waals surface area contributed by atoms with Gasteiger partial charge in [0.15, 0.2) is 5.16 Å². The van der Waals surface area contributed by atoms with Gasteiger partial charge in [-0.05, 0) is 62.4 Å². The minimum absolute atomic E-state index is 0.193. The Hall–Kier alpha value is -3.91. The van der Waals surface area contributed by atoms with Crippen LogP contribution in [0.1, 0.15) is 24.2 Å². The molecule has 0 fully saturated rings. The SMILES string of the molecule is CCOC(=O)c1ccc(NC(=O)C(C)Sc2nc3ccccc3c(=O)n2-c2ccccc2)cc1. The number of carbonyl (C=O) groups is 2. The van der Waals surface area contributed by atoms with E-state index < -0.39 is 11.2 Å². The summed E-state index contributed by atoms with van der Waals surface area (Å²) in [6.07, 6.45) is 0. The first-order chi connectivity index (χ1) is 16.5. The van der Waals surface area contributed by atoms with Crippen molar-refractivity contribution in [2.75, 3.05) is 11.9 Å². The van der Waals surface area contributed by atoms with Gasteiger partial charge in [-0.2, -0.15) is 0 Å². The number of esters is 1. The standard InChI is InChI=1S/C26H23N3O4S/c1-3-33-25(32)18-13-15-19(16-14-18)27-23(30)17(2)34-26-28-22-12-8-7-11-21(22)24(31)29(26)20-9-5-4-6-10-20/h4-17H,3H2,1-2H3,(H,27,30). The van der Waals surface area contributed by atoms with Crippen molar-refractivity contribution >= 4 is 40.2 Å². The number of hydrogen-bond donors (Lipinski definition) is 1. The molecule has 172 valence electrons. The topological polar surface area (TPSA) is 90.3 Å². The zero-order valence-electron chi connectivity index (χ0n) is 18.7. The fourth-order valence-corrected chi connectivity index (χ4v) is 4.28. The predicted octanol–water partition coefficient (Wildman–Crippen LogP) is 4.68. The lowest BCUT2D eigenvalue weighted by molar-refractivity contribution is -0.115. The summed E-state index contributed by atoms with van der Waals surface area (Å²) in [6, 6.07) is 22.9. The molecule has 0 aliphatic rings. The molecule has 8 heteroatoms. The maximum absolute atomic E-state index is 13.3. The van der Waals surface area contributed by atoms with Crippen LogP contribution < -0.4 is 10.9 Å². The highest BCUT2D eigenvalue weighted by Gasteiger charge is 2.20. The van der Waals surface area contributed by atoms with Gasteiger partial charge in [0.2, 0.25) is 5.91 Å². The van der Waals surface area contributed by atoms with Crippen molar-refractivity contribution in [3.8, 4) is 5.69 Å². The molecule has 1 atom stereocenters. The first kappa shape index (κ1) is 23.3. The minimum Gasteiger partial charge on any atom is -0.462 e. The van der Waals surface area contributed by atoms with Gasteiger partial charge >= 0.3 is 5.97 Å². The molecule has 1 unspecified atom stereocenters. The molecule has 4 rings (SSSR count). The van der Waals surface area contributed by atoms with Crippen molar-refractivity contribution in [2.45, 2.75) is 24.3 Å². The van der Waals surface area contributed by atoms with Crippen molar-refractivity contribution in [1.82, 2.24) is 9.55 Å². The Kier molecular flexibility index (Phi) is 7.08. The van der Waals surface area contributed by atoms with E-state index >= 15 is 0 Å². The Balaban J connectivity index is 1.59. The second kappa shape index (κ2) is 10.4. The summed E-state index contributed by atoms with van der Waals surface area (Å²) in [7, 11) is 0. The highest BCUT2D eigenvalue weighted by atomic mass is 32.2. The Morgan fingerprint density at radius 2 is 1.68 bits per heavy atom. The van der Waals surface area contributed by atoms with Gasteiger partial charge < -0.3 is 10.1 Å². The van der Waals surface area contributed by atoms with Crippen molar-refractivity contribution in [2.24, 2.45) is 0 Å².